The third-order valence-electron chi connectivity index (χ3n) is 2.93. The van der Waals surface area contributed by atoms with E-state index in [4.69, 9.17) is 0 Å². The Labute approximate surface area is 113 Å². The Balaban J connectivity index is 2.34. The van der Waals surface area contributed by atoms with Crippen molar-refractivity contribution in [1.82, 2.24) is 9.38 Å². The van der Waals surface area contributed by atoms with Crippen molar-refractivity contribution in [3.63, 3.8) is 0 Å². The second kappa shape index (κ2) is 4.14. The highest BCUT2D eigenvalue weighted by Gasteiger charge is 2.12. The van der Waals surface area contributed by atoms with Gasteiger partial charge in [-0.05, 0) is 46.6 Å². The Kier molecular flexibility index (Phi) is 2.59. The van der Waals surface area contributed by atoms with Crippen molar-refractivity contribution in [3.8, 4) is 17.1 Å². The number of pyridine rings is 1. The lowest BCUT2D eigenvalue weighted by molar-refractivity contribution is 0.475. The number of rotatable bonds is 1. The molecule has 0 aliphatic heterocycles. The molecule has 3 aromatic rings. The highest BCUT2D eigenvalue weighted by atomic mass is 79.9. The number of fused-ring (bicyclic) bond motifs is 1. The van der Waals surface area contributed by atoms with E-state index < -0.39 is 0 Å². The van der Waals surface area contributed by atoms with Gasteiger partial charge in [-0.15, -0.1) is 0 Å². The summed E-state index contributed by atoms with van der Waals surface area (Å²) in [6.45, 7) is 2.05. The number of hydrogen-bond acceptors (Lipinski definition) is 2. The molecule has 1 N–H and O–H groups in total. The van der Waals surface area contributed by atoms with Gasteiger partial charge in [0, 0.05) is 11.8 Å². The van der Waals surface area contributed by atoms with E-state index >= 15 is 0 Å². The number of phenolic OH excluding ortho intramolecular Hbond substituents is 1. The molecule has 1 aromatic carbocycles. The first-order chi connectivity index (χ1) is 8.66. The van der Waals surface area contributed by atoms with Crippen LogP contribution in [0.3, 0.4) is 0 Å². The van der Waals surface area contributed by atoms with Crippen molar-refractivity contribution in [3.05, 3.63) is 52.8 Å². The molecule has 0 aliphatic carbocycles. The Morgan fingerprint density at radius 3 is 2.83 bits per heavy atom. The fourth-order valence-corrected chi connectivity index (χ4v) is 2.78. The third kappa shape index (κ3) is 1.69. The van der Waals surface area contributed by atoms with E-state index in [0.717, 1.165) is 27.1 Å². The van der Waals surface area contributed by atoms with Gasteiger partial charge in [0.25, 0.3) is 0 Å². The number of aryl methyl sites for hydroxylation is 1. The van der Waals surface area contributed by atoms with Crippen LogP contribution >= 0.6 is 15.9 Å². The largest absolute Gasteiger partial charge is 0.508 e. The molecule has 0 bridgehead atoms. The number of nitrogens with zero attached hydrogens (tertiary/aromatic N) is 2. The molecule has 0 amide bonds. The summed E-state index contributed by atoms with van der Waals surface area (Å²) < 4.78 is 2.84. The Bertz CT molecular complexity index is 734. The molecule has 0 atom stereocenters. The Morgan fingerprint density at radius 2 is 2.06 bits per heavy atom. The predicted molar refractivity (Wildman–Crippen MR) is 74.7 cm³/mol. The van der Waals surface area contributed by atoms with Crippen LogP contribution in [0.4, 0.5) is 0 Å². The van der Waals surface area contributed by atoms with E-state index in [2.05, 4.69) is 20.9 Å². The van der Waals surface area contributed by atoms with Crippen LogP contribution in [-0.2, 0) is 0 Å². The highest BCUT2D eigenvalue weighted by molar-refractivity contribution is 9.10. The molecule has 3 nitrogen and oxygen atoms in total. The van der Waals surface area contributed by atoms with Crippen molar-refractivity contribution in [1.29, 1.82) is 0 Å². The van der Waals surface area contributed by atoms with Crippen LogP contribution in [-0.4, -0.2) is 14.5 Å². The normalized spacial score (nSPS) is 11.0. The molecule has 0 radical (unpaired) electrons. The molecule has 0 saturated carbocycles. The summed E-state index contributed by atoms with van der Waals surface area (Å²) in [4.78, 5) is 4.53. The van der Waals surface area contributed by atoms with Crippen molar-refractivity contribution in [2.75, 3.05) is 0 Å². The molecule has 2 aromatic heterocycles. The average molecular weight is 303 g/mol. The number of benzene rings is 1. The predicted octanol–water partition coefficient (Wildman–Crippen LogP) is 3.78. The van der Waals surface area contributed by atoms with Gasteiger partial charge in [0.2, 0.25) is 0 Å². The summed E-state index contributed by atoms with van der Waals surface area (Å²) in [6.07, 6.45) is 1.97. The number of halogens is 1. The van der Waals surface area contributed by atoms with Gasteiger partial charge < -0.3 is 5.11 Å². The van der Waals surface area contributed by atoms with E-state index in [1.165, 1.54) is 0 Å². The highest BCUT2D eigenvalue weighted by Crippen LogP contribution is 2.29. The lowest BCUT2D eigenvalue weighted by Gasteiger charge is -2.03. The maximum atomic E-state index is 9.56. The first kappa shape index (κ1) is 11.3. The molecule has 18 heavy (non-hydrogen) atoms. The maximum Gasteiger partial charge on any atom is 0.146 e. The standard InChI is InChI=1S/C14H11BrN2O/c1-9-4-3-7-17-12(9)13(15)16-14(17)10-5-2-6-11(18)8-10/h2-8,18H,1H3. The zero-order valence-corrected chi connectivity index (χ0v) is 11.3. The summed E-state index contributed by atoms with van der Waals surface area (Å²) in [5, 5.41) is 9.56. The van der Waals surface area contributed by atoms with Gasteiger partial charge in [-0.1, -0.05) is 18.2 Å². The third-order valence-corrected chi connectivity index (χ3v) is 3.48. The topological polar surface area (TPSA) is 37.5 Å². The number of phenols is 1. The molecule has 2 heterocycles. The number of aromatic nitrogens is 2. The van der Waals surface area contributed by atoms with Crippen LogP contribution in [0.2, 0.25) is 0 Å². The van der Waals surface area contributed by atoms with Crippen LogP contribution < -0.4 is 0 Å². The molecule has 0 unspecified atom stereocenters. The second-order valence-corrected chi connectivity index (χ2v) is 4.94. The van der Waals surface area contributed by atoms with Crippen molar-refractivity contribution in [2.45, 2.75) is 6.92 Å². The van der Waals surface area contributed by atoms with Crippen LogP contribution in [0, 0.1) is 6.92 Å². The van der Waals surface area contributed by atoms with Crippen LogP contribution in [0.25, 0.3) is 16.9 Å². The molecule has 0 spiro atoms. The molecule has 0 aliphatic rings. The van der Waals surface area contributed by atoms with Gasteiger partial charge in [0.05, 0.1) is 5.52 Å². The Morgan fingerprint density at radius 1 is 1.22 bits per heavy atom. The van der Waals surface area contributed by atoms with E-state index in [1.54, 1.807) is 12.1 Å². The van der Waals surface area contributed by atoms with E-state index in [-0.39, 0.29) is 5.75 Å². The minimum absolute atomic E-state index is 0.244. The van der Waals surface area contributed by atoms with Gasteiger partial charge in [-0.3, -0.25) is 4.40 Å². The minimum Gasteiger partial charge on any atom is -0.508 e. The summed E-state index contributed by atoms with van der Waals surface area (Å²) >= 11 is 3.49. The molecule has 3 rings (SSSR count). The Hall–Kier alpha value is -1.81. The monoisotopic (exact) mass is 302 g/mol. The van der Waals surface area contributed by atoms with Gasteiger partial charge >= 0.3 is 0 Å². The first-order valence-corrected chi connectivity index (χ1v) is 6.38. The van der Waals surface area contributed by atoms with E-state index in [1.807, 2.05) is 41.8 Å². The summed E-state index contributed by atoms with van der Waals surface area (Å²) in [7, 11) is 0. The van der Waals surface area contributed by atoms with Gasteiger partial charge in [0.1, 0.15) is 16.2 Å². The lowest BCUT2D eigenvalue weighted by Crippen LogP contribution is -1.90. The van der Waals surface area contributed by atoms with Crippen molar-refractivity contribution >= 4 is 21.4 Å². The number of imidazole rings is 1. The van der Waals surface area contributed by atoms with Gasteiger partial charge in [0.15, 0.2) is 0 Å². The summed E-state index contributed by atoms with van der Waals surface area (Å²) in [5.41, 5.74) is 3.10. The van der Waals surface area contributed by atoms with E-state index in [0.29, 0.717) is 0 Å². The average Bonchev–Trinajstić information content (AvgIpc) is 2.68. The van der Waals surface area contributed by atoms with Crippen LogP contribution in [0.15, 0.2) is 47.2 Å². The SMILES string of the molecule is Cc1cccn2c(-c3cccc(O)c3)nc(Br)c12. The van der Waals surface area contributed by atoms with Gasteiger partial charge in [-0.25, -0.2) is 4.98 Å². The van der Waals surface area contributed by atoms with Crippen LogP contribution in [0.5, 0.6) is 5.75 Å². The molecular formula is C14H11BrN2O. The molecule has 0 fully saturated rings. The molecular weight excluding hydrogens is 292 g/mol. The zero-order valence-electron chi connectivity index (χ0n) is 9.76. The fourth-order valence-electron chi connectivity index (χ4n) is 2.10. The quantitative estimate of drug-likeness (QED) is 0.743. The fraction of sp³-hybridized carbons (Fsp3) is 0.0714. The molecule has 0 saturated heterocycles. The zero-order chi connectivity index (χ0) is 12.7. The number of aromatic hydroxyl groups is 1. The minimum atomic E-state index is 0.244. The second-order valence-electron chi connectivity index (χ2n) is 4.19. The van der Waals surface area contributed by atoms with Gasteiger partial charge in [-0.2, -0.15) is 0 Å². The summed E-state index contributed by atoms with van der Waals surface area (Å²) in [6, 6.07) is 11.2. The maximum absolute atomic E-state index is 9.56. The molecule has 90 valence electrons. The summed E-state index contributed by atoms with van der Waals surface area (Å²) in [5.74, 6) is 1.06. The van der Waals surface area contributed by atoms with Crippen LogP contribution in [0.1, 0.15) is 5.56 Å². The molecule has 4 heteroatoms. The van der Waals surface area contributed by atoms with E-state index in [9.17, 15) is 5.11 Å². The van der Waals surface area contributed by atoms with Crippen molar-refractivity contribution < 1.29 is 5.11 Å². The lowest BCUT2D eigenvalue weighted by atomic mass is 10.2. The van der Waals surface area contributed by atoms with Crippen molar-refractivity contribution in [2.24, 2.45) is 0 Å². The first-order valence-electron chi connectivity index (χ1n) is 5.59. The smallest absolute Gasteiger partial charge is 0.146 e. The number of hydrogen-bond donors (Lipinski definition) is 1.